The van der Waals surface area contributed by atoms with Gasteiger partial charge in [-0.15, -0.1) is 11.3 Å². The first-order valence-electron chi connectivity index (χ1n) is 9.39. The number of carbonyl (C=O) groups excluding carboxylic acids is 1. The molecule has 1 saturated heterocycles. The van der Waals surface area contributed by atoms with Crippen LogP contribution in [0.2, 0.25) is 0 Å². The van der Waals surface area contributed by atoms with Crippen LogP contribution >= 0.6 is 11.3 Å². The second kappa shape index (κ2) is 7.64. The molecule has 7 nitrogen and oxygen atoms in total. The van der Waals surface area contributed by atoms with Crippen LogP contribution in [0, 0.1) is 16.0 Å². The van der Waals surface area contributed by atoms with Crippen LogP contribution in [0.5, 0.6) is 0 Å². The van der Waals surface area contributed by atoms with E-state index < -0.39 is 0 Å². The lowest BCUT2D eigenvalue weighted by Gasteiger charge is -2.32. The number of hydrogen-bond donors (Lipinski definition) is 1. The summed E-state index contributed by atoms with van der Waals surface area (Å²) in [6.45, 7) is 1.27. The number of rotatable bonds is 4. The molecule has 2 aliphatic rings. The second-order valence-electron chi connectivity index (χ2n) is 7.09. The summed E-state index contributed by atoms with van der Waals surface area (Å²) in [6, 6.07) is 6.79. The van der Waals surface area contributed by atoms with Gasteiger partial charge in [0.25, 0.3) is 5.69 Å². The molecule has 0 atom stereocenters. The molecule has 0 radical (unpaired) electrons. The van der Waals surface area contributed by atoms with Crippen molar-refractivity contribution in [2.24, 2.45) is 5.92 Å². The molecule has 0 spiro atoms. The number of nitrogens with zero attached hydrogens (tertiary/aromatic N) is 3. The Kier molecular flexibility index (Phi) is 5.07. The Morgan fingerprint density at radius 2 is 1.96 bits per heavy atom. The Hall–Kier alpha value is -2.48. The molecule has 0 unspecified atom stereocenters. The van der Waals surface area contributed by atoms with Gasteiger partial charge >= 0.3 is 0 Å². The molecule has 0 bridgehead atoms. The number of nitro benzene ring substituents is 1. The van der Waals surface area contributed by atoms with E-state index in [9.17, 15) is 14.9 Å². The molecule has 1 aromatic heterocycles. The van der Waals surface area contributed by atoms with Crippen LogP contribution in [0.15, 0.2) is 24.3 Å². The van der Waals surface area contributed by atoms with Crippen molar-refractivity contribution in [3.8, 4) is 0 Å². The molecule has 1 amide bonds. The summed E-state index contributed by atoms with van der Waals surface area (Å²) in [5.74, 6) is -0.0618. The van der Waals surface area contributed by atoms with Gasteiger partial charge in [0.15, 0.2) is 5.13 Å². The first-order chi connectivity index (χ1) is 13.1. The van der Waals surface area contributed by atoms with Gasteiger partial charge < -0.3 is 10.2 Å². The van der Waals surface area contributed by atoms with E-state index in [0.29, 0.717) is 36.8 Å². The van der Waals surface area contributed by atoms with Crippen LogP contribution in [0.1, 0.15) is 36.3 Å². The third-order valence-electron chi connectivity index (χ3n) is 5.36. The third kappa shape index (κ3) is 3.80. The van der Waals surface area contributed by atoms with E-state index in [0.717, 1.165) is 18.5 Å². The Bertz CT molecular complexity index is 835. The highest BCUT2D eigenvalue weighted by molar-refractivity contribution is 7.15. The molecule has 142 valence electrons. The molecule has 2 heterocycles. The lowest BCUT2D eigenvalue weighted by Crippen LogP contribution is -2.38. The number of fused-ring (bicyclic) bond motifs is 1. The Balaban J connectivity index is 1.37. The van der Waals surface area contributed by atoms with Crippen molar-refractivity contribution in [1.82, 2.24) is 4.98 Å². The van der Waals surface area contributed by atoms with Crippen LogP contribution in [0.25, 0.3) is 0 Å². The van der Waals surface area contributed by atoms with E-state index in [1.165, 1.54) is 23.8 Å². The maximum absolute atomic E-state index is 12.6. The average Bonchev–Trinajstić information content (AvgIpc) is 3.10. The number of benzene rings is 1. The van der Waals surface area contributed by atoms with Crippen molar-refractivity contribution in [2.75, 3.05) is 23.3 Å². The van der Waals surface area contributed by atoms with Crippen molar-refractivity contribution in [1.29, 1.82) is 0 Å². The summed E-state index contributed by atoms with van der Waals surface area (Å²) in [7, 11) is 0. The summed E-state index contributed by atoms with van der Waals surface area (Å²) in [4.78, 5) is 31.4. The lowest BCUT2D eigenvalue weighted by molar-refractivity contribution is -0.384. The van der Waals surface area contributed by atoms with Gasteiger partial charge in [0.1, 0.15) is 5.69 Å². The highest BCUT2D eigenvalue weighted by Crippen LogP contribution is 2.33. The smallest absolute Gasteiger partial charge is 0.292 e. The standard InChI is InChI=1S/C19H22N4O3S/c24-18(21-19-20-14-5-1-4-8-17(14)27-19)13-9-11-22(12-10-13)15-6-2-3-7-16(15)23(25)26/h2-3,6-7,13H,1,4-5,8-12H2,(H,20,21,24). The summed E-state index contributed by atoms with van der Waals surface area (Å²) in [5, 5.41) is 14.9. The maximum Gasteiger partial charge on any atom is 0.292 e. The quantitative estimate of drug-likeness (QED) is 0.638. The topological polar surface area (TPSA) is 88.4 Å². The molecule has 1 aliphatic heterocycles. The first kappa shape index (κ1) is 17.9. The van der Waals surface area contributed by atoms with E-state index in [2.05, 4.69) is 10.3 Å². The van der Waals surface area contributed by atoms with Crippen LogP contribution < -0.4 is 10.2 Å². The van der Waals surface area contributed by atoms with Gasteiger partial charge in [-0.2, -0.15) is 0 Å². The highest BCUT2D eigenvalue weighted by atomic mass is 32.1. The summed E-state index contributed by atoms with van der Waals surface area (Å²) in [6.07, 6.45) is 5.82. The van der Waals surface area contributed by atoms with Crippen LogP contribution in [0.4, 0.5) is 16.5 Å². The van der Waals surface area contributed by atoms with E-state index in [1.807, 2.05) is 11.0 Å². The molecule has 2 aromatic rings. The Labute approximate surface area is 161 Å². The van der Waals surface area contributed by atoms with Gasteiger partial charge in [0.05, 0.1) is 10.6 Å². The van der Waals surface area contributed by atoms with Gasteiger partial charge in [0.2, 0.25) is 5.91 Å². The predicted octanol–water partition coefficient (Wildman–Crippen LogP) is 3.79. The Morgan fingerprint density at radius 3 is 2.70 bits per heavy atom. The molecular weight excluding hydrogens is 364 g/mol. The third-order valence-corrected chi connectivity index (χ3v) is 6.43. The van der Waals surface area contributed by atoms with Gasteiger partial charge in [-0.3, -0.25) is 14.9 Å². The van der Waals surface area contributed by atoms with E-state index in [4.69, 9.17) is 0 Å². The number of aromatic nitrogens is 1. The van der Waals surface area contributed by atoms with E-state index >= 15 is 0 Å². The maximum atomic E-state index is 12.6. The number of nitrogens with one attached hydrogen (secondary N) is 1. The number of hydrogen-bond acceptors (Lipinski definition) is 6. The number of carbonyl (C=O) groups is 1. The zero-order valence-corrected chi connectivity index (χ0v) is 15.8. The van der Waals surface area contributed by atoms with Gasteiger partial charge in [-0.05, 0) is 44.6 Å². The van der Waals surface area contributed by atoms with Crippen molar-refractivity contribution >= 4 is 33.8 Å². The predicted molar refractivity (Wildman–Crippen MR) is 105 cm³/mol. The zero-order chi connectivity index (χ0) is 18.8. The average molecular weight is 386 g/mol. The zero-order valence-electron chi connectivity index (χ0n) is 15.0. The number of nitro groups is 1. The normalized spacial score (nSPS) is 17.4. The molecule has 1 fully saturated rings. The SMILES string of the molecule is O=C(Nc1nc2c(s1)CCCC2)C1CCN(c2ccccc2[N+](=O)[O-])CC1. The monoisotopic (exact) mass is 386 g/mol. The highest BCUT2D eigenvalue weighted by Gasteiger charge is 2.28. The van der Waals surface area contributed by atoms with Crippen molar-refractivity contribution in [2.45, 2.75) is 38.5 Å². The van der Waals surface area contributed by atoms with Crippen molar-refractivity contribution in [3.05, 3.63) is 45.0 Å². The lowest BCUT2D eigenvalue weighted by atomic mass is 9.95. The minimum Gasteiger partial charge on any atom is -0.366 e. The molecule has 4 rings (SSSR count). The molecule has 1 N–H and O–H groups in total. The number of amides is 1. The number of anilines is 2. The van der Waals surface area contributed by atoms with Crippen LogP contribution in [-0.4, -0.2) is 28.9 Å². The minimum absolute atomic E-state index is 0.0170. The van der Waals surface area contributed by atoms with Gasteiger partial charge in [-0.1, -0.05) is 12.1 Å². The number of aryl methyl sites for hydroxylation is 2. The van der Waals surface area contributed by atoms with Gasteiger partial charge in [0, 0.05) is 30.0 Å². The fourth-order valence-corrected chi connectivity index (χ4v) is 4.93. The number of para-hydroxylation sites is 2. The molecule has 8 heteroatoms. The molecule has 1 aromatic carbocycles. The van der Waals surface area contributed by atoms with Crippen molar-refractivity contribution in [3.63, 3.8) is 0 Å². The van der Waals surface area contributed by atoms with Crippen LogP contribution in [0.3, 0.4) is 0 Å². The molecular formula is C19H22N4O3S. The summed E-state index contributed by atoms with van der Waals surface area (Å²) < 4.78 is 0. The molecule has 27 heavy (non-hydrogen) atoms. The minimum atomic E-state index is -0.349. The van der Waals surface area contributed by atoms with Crippen LogP contribution in [-0.2, 0) is 17.6 Å². The molecule has 0 saturated carbocycles. The van der Waals surface area contributed by atoms with Gasteiger partial charge in [-0.25, -0.2) is 4.98 Å². The second-order valence-corrected chi connectivity index (χ2v) is 8.18. The van der Waals surface area contributed by atoms with E-state index in [1.54, 1.807) is 23.5 Å². The summed E-state index contributed by atoms with van der Waals surface area (Å²) in [5.41, 5.74) is 1.90. The fraction of sp³-hybridized carbons (Fsp3) is 0.474. The Morgan fingerprint density at radius 1 is 1.22 bits per heavy atom. The van der Waals surface area contributed by atoms with Crippen molar-refractivity contribution < 1.29 is 9.72 Å². The van der Waals surface area contributed by atoms with E-state index in [-0.39, 0.29) is 22.4 Å². The summed E-state index contributed by atoms with van der Waals surface area (Å²) >= 11 is 1.60. The molecule has 1 aliphatic carbocycles. The largest absolute Gasteiger partial charge is 0.366 e. The number of piperidine rings is 1. The fourth-order valence-electron chi connectivity index (χ4n) is 3.88. The first-order valence-corrected chi connectivity index (χ1v) is 10.2. The number of thiazole rings is 1.